The van der Waals surface area contributed by atoms with Crippen molar-refractivity contribution < 1.29 is 14.3 Å². The number of carbonyl (C=O) groups is 2. The van der Waals surface area contributed by atoms with Crippen molar-refractivity contribution in [1.82, 2.24) is 5.32 Å². The summed E-state index contributed by atoms with van der Waals surface area (Å²) in [5.74, 6) is -1.35. The summed E-state index contributed by atoms with van der Waals surface area (Å²) < 4.78 is 5.09. The van der Waals surface area contributed by atoms with Crippen LogP contribution in [0.25, 0.3) is 0 Å². The van der Waals surface area contributed by atoms with Crippen molar-refractivity contribution in [2.75, 3.05) is 12.9 Å². The summed E-state index contributed by atoms with van der Waals surface area (Å²) in [7, 11) is 0. The second-order valence-electron chi connectivity index (χ2n) is 6.72. The van der Waals surface area contributed by atoms with Crippen molar-refractivity contribution in [3.05, 3.63) is 0 Å². The first-order chi connectivity index (χ1) is 9.81. The molecule has 0 saturated heterocycles. The molecule has 0 radical (unpaired) electrons. The van der Waals surface area contributed by atoms with E-state index in [-0.39, 0.29) is 11.9 Å². The minimum Gasteiger partial charge on any atom is -0.465 e. The van der Waals surface area contributed by atoms with E-state index in [1.165, 1.54) is 6.42 Å². The molecule has 0 aliphatic heterocycles. The number of hydrogen-bond donors (Lipinski definition) is 1. The van der Waals surface area contributed by atoms with Gasteiger partial charge in [0.1, 0.15) is 5.92 Å². The van der Waals surface area contributed by atoms with Gasteiger partial charge in [-0.15, -0.1) is 0 Å². The predicted octanol–water partition coefficient (Wildman–Crippen LogP) is 3.00. The molecule has 0 aromatic rings. The number of ether oxygens (including phenoxy) is 1. The molecule has 0 aromatic heterocycles. The molecule has 5 heteroatoms. The van der Waals surface area contributed by atoms with E-state index in [0.29, 0.717) is 11.9 Å². The van der Waals surface area contributed by atoms with E-state index in [9.17, 15) is 9.59 Å². The monoisotopic (exact) mass is 315 g/mol. The largest absolute Gasteiger partial charge is 0.465 e. The number of carbonyl (C=O) groups excluding carboxylic acids is 2. The molecule has 0 bridgehead atoms. The topological polar surface area (TPSA) is 55.4 Å². The van der Waals surface area contributed by atoms with Crippen LogP contribution < -0.4 is 5.32 Å². The van der Waals surface area contributed by atoms with Crippen LogP contribution in [0.3, 0.4) is 0 Å². The predicted molar refractivity (Wildman–Crippen MR) is 87.3 cm³/mol. The molecule has 3 atom stereocenters. The Balaban J connectivity index is 2.78. The molecule has 1 amide bonds. The molecule has 1 saturated carbocycles. The molecule has 3 unspecified atom stereocenters. The van der Waals surface area contributed by atoms with Crippen LogP contribution in [0.5, 0.6) is 0 Å². The van der Waals surface area contributed by atoms with E-state index in [0.717, 1.165) is 19.3 Å². The molecule has 4 nitrogen and oxygen atoms in total. The molecule has 21 heavy (non-hydrogen) atoms. The second-order valence-corrected chi connectivity index (χ2v) is 7.80. The van der Waals surface area contributed by atoms with E-state index in [1.807, 2.05) is 20.8 Å². The fourth-order valence-electron chi connectivity index (χ4n) is 2.89. The number of nitrogens with one attached hydrogen (secondary N) is 1. The number of rotatable bonds is 5. The lowest BCUT2D eigenvalue weighted by Crippen LogP contribution is -2.50. The van der Waals surface area contributed by atoms with Crippen molar-refractivity contribution in [3.8, 4) is 0 Å². The highest BCUT2D eigenvalue weighted by atomic mass is 32.2. The number of thioether (sulfide) groups is 1. The van der Waals surface area contributed by atoms with Gasteiger partial charge in [0, 0.05) is 11.3 Å². The van der Waals surface area contributed by atoms with E-state index < -0.39 is 17.3 Å². The van der Waals surface area contributed by atoms with Gasteiger partial charge in [-0.25, -0.2) is 0 Å². The van der Waals surface area contributed by atoms with Crippen LogP contribution in [-0.4, -0.2) is 36.0 Å². The third-order valence-corrected chi connectivity index (χ3v) is 5.15. The van der Waals surface area contributed by atoms with Crippen LogP contribution in [-0.2, 0) is 14.3 Å². The summed E-state index contributed by atoms with van der Waals surface area (Å²) in [5.41, 5.74) is -0.445. The van der Waals surface area contributed by atoms with E-state index >= 15 is 0 Å². The van der Waals surface area contributed by atoms with Gasteiger partial charge in [-0.1, -0.05) is 33.6 Å². The zero-order valence-corrected chi connectivity index (χ0v) is 14.7. The summed E-state index contributed by atoms with van der Waals surface area (Å²) in [6, 6.07) is 0.167. The Hall–Kier alpha value is -0.710. The van der Waals surface area contributed by atoms with Gasteiger partial charge in [-0.2, -0.15) is 11.8 Å². The summed E-state index contributed by atoms with van der Waals surface area (Å²) in [4.78, 5) is 24.8. The fourth-order valence-corrected chi connectivity index (χ4v) is 3.82. The summed E-state index contributed by atoms with van der Waals surface area (Å²) in [5, 5.41) is 3.55. The molecule has 1 aliphatic rings. The molecule has 122 valence electrons. The highest BCUT2D eigenvalue weighted by molar-refractivity contribution is 7.99. The van der Waals surface area contributed by atoms with Gasteiger partial charge in [-0.05, 0) is 31.4 Å². The molecule has 0 aromatic carbocycles. The van der Waals surface area contributed by atoms with Gasteiger partial charge < -0.3 is 10.1 Å². The molecule has 0 heterocycles. The first-order valence-corrected chi connectivity index (χ1v) is 9.09. The first-order valence-electron chi connectivity index (χ1n) is 7.81. The van der Waals surface area contributed by atoms with Crippen LogP contribution in [0.4, 0.5) is 0 Å². The SMILES string of the molecule is CCOC(=O)C(C(=O)NC1CCCCC1SC)C(C)(C)C. The third kappa shape index (κ3) is 5.20. The standard InChI is InChI=1S/C16H29NO3S/c1-6-20-15(19)13(16(2,3)4)14(18)17-11-9-7-8-10-12(11)21-5/h11-13H,6-10H2,1-5H3,(H,17,18). The smallest absolute Gasteiger partial charge is 0.319 e. The number of amides is 1. The Morgan fingerprint density at radius 2 is 1.90 bits per heavy atom. The minimum atomic E-state index is -0.748. The van der Waals surface area contributed by atoms with E-state index in [1.54, 1.807) is 18.7 Å². The molecular formula is C16H29NO3S. The molecule has 1 N–H and O–H groups in total. The maximum Gasteiger partial charge on any atom is 0.319 e. The molecular weight excluding hydrogens is 286 g/mol. The quantitative estimate of drug-likeness (QED) is 0.626. The molecule has 1 fully saturated rings. The van der Waals surface area contributed by atoms with Crippen LogP contribution >= 0.6 is 11.8 Å². The summed E-state index contributed by atoms with van der Waals surface area (Å²) >= 11 is 1.80. The van der Waals surface area contributed by atoms with Gasteiger partial charge in [-0.3, -0.25) is 9.59 Å². The third-order valence-electron chi connectivity index (χ3n) is 3.98. The lowest BCUT2D eigenvalue weighted by molar-refractivity contribution is -0.156. The normalized spacial score (nSPS) is 24.2. The Morgan fingerprint density at radius 1 is 1.29 bits per heavy atom. The van der Waals surface area contributed by atoms with Crippen LogP contribution in [0, 0.1) is 11.3 Å². The number of esters is 1. The van der Waals surface area contributed by atoms with E-state index in [4.69, 9.17) is 4.74 Å². The van der Waals surface area contributed by atoms with Gasteiger partial charge >= 0.3 is 5.97 Å². The maximum absolute atomic E-state index is 12.6. The van der Waals surface area contributed by atoms with Crippen LogP contribution in [0.1, 0.15) is 53.4 Å². The molecule has 1 rings (SSSR count). The van der Waals surface area contributed by atoms with Crippen molar-refractivity contribution in [2.45, 2.75) is 64.7 Å². The summed E-state index contributed by atoms with van der Waals surface area (Å²) in [6.45, 7) is 7.78. The van der Waals surface area contributed by atoms with E-state index in [2.05, 4.69) is 11.6 Å². The Kier molecular flexibility index (Phi) is 7.04. The van der Waals surface area contributed by atoms with Crippen LogP contribution in [0.2, 0.25) is 0 Å². The van der Waals surface area contributed by atoms with Crippen molar-refractivity contribution in [1.29, 1.82) is 0 Å². The lowest BCUT2D eigenvalue weighted by Gasteiger charge is -2.34. The summed E-state index contributed by atoms with van der Waals surface area (Å²) in [6.07, 6.45) is 6.57. The molecule has 0 spiro atoms. The van der Waals surface area contributed by atoms with Gasteiger partial charge in [0.25, 0.3) is 0 Å². The van der Waals surface area contributed by atoms with Gasteiger partial charge in [0.05, 0.1) is 6.61 Å². The molecule has 1 aliphatic carbocycles. The average molecular weight is 315 g/mol. The van der Waals surface area contributed by atoms with Crippen LogP contribution in [0.15, 0.2) is 0 Å². The van der Waals surface area contributed by atoms with Crippen molar-refractivity contribution in [3.63, 3.8) is 0 Å². The zero-order chi connectivity index (χ0) is 16.0. The van der Waals surface area contributed by atoms with Crippen molar-refractivity contribution in [2.24, 2.45) is 11.3 Å². The second kappa shape index (κ2) is 8.06. The zero-order valence-electron chi connectivity index (χ0n) is 13.9. The Bertz CT molecular complexity index is 365. The Morgan fingerprint density at radius 3 is 2.43 bits per heavy atom. The lowest BCUT2D eigenvalue weighted by atomic mass is 9.79. The minimum absolute atomic E-state index is 0.167. The van der Waals surface area contributed by atoms with Gasteiger partial charge in [0.15, 0.2) is 0 Å². The first kappa shape index (κ1) is 18.3. The maximum atomic E-state index is 12.6. The fraction of sp³-hybridized carbons (Fsp3) is 0.875. The highest BCUT2D eigenvalue weighted by Gasteiger charge is 2.40. The van der Waals surface area contributed by atoms with Gasteiger partial charge in [0.2, 0.25) is 5.91 Å². The number of hydrogen-bond acceptors (Lipinski definition) is 4. The Labute approximate surface area is 132 Å². The average Bonchev–Trinajstić information content (AvgIpc) is 2.38. The highest BCUT2D eigenvalue weighted by Crippen LogP contribution is 2.30. The van der Waals surface area contributed by atoms with Crippen molar-refractivity contribution >= 4 is 23.6 Å².